The fraction of sp³-hybridized carbons (Fsp3) is 0.857. The second-order valence-corrected chi connectivity index (χ2v) is 5.55. The van der Waals surface area contributed by atoms with Crippen LogP contribution in [-0.4, -0.2) is 48.9 Å². The number of hydrogen-bond donors (Lipinski definition) is 2. The van der Waals surface area contributed by atoms with E-state index in [1.54, 1.807) is 0 Å². The Labute approximate surface area is 115 Å². The van der Waals surface area contributed by atoms with Crippen LogP contribution in [0.25, 0.3) is 0 Å². The summed E-state index contributed by atoms with van der Waals surface area (Å²) in [5.74, 6) is 0.306. The van der Waals surface area contributed by atoms with Crippen LogP contribution >= 0.6 is 0 Å². The summed E-state index contributed by atoms with van der Waals surface area (Å²) >= 11 is 0. The lowest BCUT2D eigenvalue weighted by molar-refractivity contribution is -0.140. The highest BCUT2D eigenvalue weighted by atomic mass is 16.2. The van der Waals surface area contributed by atoms with Gasteiger partial charge in [0.1, 0.15) is 0 Å². The van der Waals surface area contributed by atoms with Crippen molar-refractivity contribution in [2.75, 3.05) is 26.2 Å². The Balaban J connectivity index is 1.96. The first-order valence-corrected chi connectivity index (χ1v) is 7.50. The summed E-state index contributed by atoms with van der Waals surface area (Å²) < 4.78 is 0. The number of nitrogens with one attached hydrogen (secondary N) is 2. The zero-order valence-corrected chi connectivity index (χ0v) is 11.8. The summed E-state index contributed by atoms with van der Waals surface area (Å²) in [6.07, 6.45) is 4.28. The van der Waals surface area contributed by atoms with Crippen molar-refractivity contribution in [2.45, 2.75) is 45.1 Å². The fourth-order valence-corrected chi connectivity index (χ4v) is 3.01. The minimum atomic E-state index is -0.0147. The number of amides is 2. The van der Waals surface area contributed by atoms with Gasteiger partial charge in [0, 0.05) is 25.6 Å². The van der Waals surface area contributed by atoms with Gasteiger partial charge in [-0.05, 0) is 38.8 Å². The Morgan fingerprint density at radius 1 is 1.32 bits per heavy atom. The van der Waals surface area contributed by atoms with Gasteiger partial charge >= 0.3 is 0 Å². The monoisotopic (exact) mass is 267 g/mol. The Morgan fingerprint density at radius 3 is 2.63 bits per heavy atom. The molecule has 2 fully saturated rings. The van der Waals surface area contributed by atoms with E-state index < -0.39 is 0 Å². The molecule has 5 nitrogen and oxygen atoms in total. The number of piperidine rings is 2. The highest BCUT2D eigenvalue weighted by Gasteiger charge is 2.32. The van der Waals surface area contributed by atoms with Gasteiger partial charge in [0.15, 0.2) is 0 Å². The maximum Gasteiger partial charge on any atom is 0.227 e. The maximum absolute atomic E-state index is 12.6. The molecule has 1 atom stereocenters. The van der Waals surface area contributed by atoms with E-state index in [9.17, 15) is 9.59 Å². The number of carbonyl (C=O) groups is 2. The number of rotatable bonds is 4. The summed E-state index contributed by atoms with van der Waals surface area (Å²) in [6.45, 7) is 5.47. The molecule has 0 saturated carbocycles. The molecule has 0 radical (unpaired) electrons. The first-order valence-electron chi connectivity index (χ1n) is 7.50. The molecular weight excluding hydrogens is 242 g/mol. The topological polar surface area (TPSA) is 61.4 Å². The van der Waals surface area contributed by atoms with Crippen LogP contribution in [0, 0.1) is 5.92 Å². The molecule has 0 bridgehead atoms. The van der Waals surface area contributed by atoms with Gasteiger partial charge in [-0.3, -0.25) is 9.59 Å². The van der Waals surface area contributed by atoms with Crippen molar-refractivity contribution >= 4 is 11.8 Å². The number of hydrogen-bond acceptors (Lipinski definition) is 3. The van der Waals surface area contributed by atoms with Crippen molar-refractivity contribution in [1.82, 2.24) is 15.5 Å². The van der Waals surface area contributed by atoms with Gasteiger partial charge in [0.2, 0.25) is 11.8 Å². The lowest BCUT2D eigenvalue weighted by Crippen LogP contribution is -2.51. The van der Waals surface area contributed by atoms with Crippen molar-refractivity contribution in [2.24, 2.45) is 5.92 Å². The van der Waals surface area contributed by atoms with E-state index in [-0.39, 0.29) is 17.7 Å². The van der Waals surface area contributed by atoms with Gasteiger partial charge in [-0.15, -0.1) is 0 Å². The summed E-state index contributed by atoms with van der Waals surface area (Å²) in [7, 11) is 0. The van der Waals surface area contributed by atoms with Crippen LogP contribution in [0.3, 0.4) is 0 Å². The molecule has 2 rings (SSSR count). The van der Waals surface area contributed by atoms with Crippen molar-refractivity contribution in [3.8, 4) is 0 Å². The average Bonchev–Trinajstić information content (AvgIpc) is 2.46. The first-order chi connectivity index (χ1) is 9.22. The summed E-state index contributed by atoms with van der Waals surface area (Å²) in [6, 6.07) is 0.381. The molecule has 2 saturated heterocycles. The summed E-state index contributed by atoms with van der Waals surface area (Å²) in [4.78, 5) is 25.9. The minimum absolute atomic E-state index is 0.0147. The highest BCUT2D eigenvalue weighted by Crippen LogP contribution is 2.19. The van der Waals surface area contributed by atoms with Crippen LogP contribution in [0.1, 0.15) is 39.0 Å². The normalized spacial score (nSPS) is 24.9. The van der Waals surface area contributed by atoms with Crippen LogP contribution < -0.4 is 10.6 Å². The van der Waals surface area contributed by atoms with Crippen LogP contribution in [0.15, 0.2) is 0 Å². The van der Waals surface area contributed by atoms with Gasteiger partial charge < -0.3 is 15.5 Å². The summed E-state index contributed by atoms with van der Waals surface area (Å²) in [5.41, 5.74) is 0. The van der Waals surface area contributed by atoms with Crippen molar-refractivity contribution in [3.63, 3.8) is 0 Å². The quantitative estimate of drug-likeness (QED) is 0.780. The van der Waals surface area contributed by atoms with Crippen molar-refractivity contribution in [3.05, 3.63) is 0 Å². The van der Waals surface area contributed by atoms with Crippen molar-refractivity contribution in [1.29, 1.82) is 0 Å². The zero-order valence-electron chi connectivity index (χ0n) is 11.8. The lowest BCUT2D eigenvalue weighted by atomic mass is 9.95. The molecule has 2 aliphatic heterocycles. The predicted molar refractivity (Wildman–Crippen MR) is 73.6 cm³/mol. The average molecular weight is 267 g/mol. The van der Waals surface area contributed by atoms with Gasteiger partial charge in [-0.2, -0.15) is 0 Å². The Hall–Kier alpha value is -1.10. The van der Waals surface area contributed by atoms with E-state index in [1.165, 1.54) is 0 Å². The highest BCUT2D eigenvalue weighted by molar-refractivity contribution is 5.84. The molecule has 5 heteroatoms. The lowest BCUT2D eigenvalue weighted by Gasteiger charge is -2.37. The van der Waals surface area contributed by atoms with Gasteiger partial charge in [-0.25, -0.2) is 0 Å². The fourth-order valence-electron chi connectivity index (χ4n) is 3.01. The third-order valence-corrected chi connectivity index (χ3v) is 4.11. The van der Waals surface area contributed by atoms with Gasteiger partial charge in [0.25, 0.3) is 0 Å². The molecule has 0 aromatic heterocycles. The zero-order chi connectivity index (χ0) is 13.7. The number of carbonyl (C=O) groups excluding carboxylic acids is 2. The smallest absolute Gasteiger partial charge is 0.227 e. The molecule has 2 heterocycles. The van der Waals surface area contributed by atoms with Gasteiger partial charge in [-0.1, -0.05) is 6.92 Å². The van der Waals surface area contributed by atoms with E-state index in [0.29, 0.717) is 25.4 Å². The molecule has 0 aliphatic carbocycles. The largest absolute Gasteiger partial charge is 0.355 e. The molecule has 108 valence electrons. The Morgan fingerprint density at radius 2 is 2.05 bits per heavy atom. The molecule has 19 heavy (non-hydrogen) atoms. The first kappa shape index (κ1) is 14.3. The molecule has 0 aromatic carbocycles. The van der Waals surface area contributed by atoms with E-state index in [0.717, 1.165) is 38.9 Å². The van der Waals surface area contributed by atoms with Crippen molar-refractivity contribution < 1.29 is 9.59 Å². The molecule has 0 aromatic rings. The number of nitrogens with zero attached hydrogens (tertiary/aromatic N) is 1. The molecular formula is C14H25N3O2. The van der Waals surface area contributed by atoms with E-state index in [1.807, 2.05) is 0 Å². The third-order valence-electron chi connectivity index (χ3n) is 4.11. The Kier molecular flexibility index (Phi) is 5.19. The van der Waals surface area contributed by atoms with E-state index in [2.05, 4.69) is 22.5 Å². The molecule has 2 amide bonds. The minimum Gasteiger partial charge on any atom is -0.355 e. The van der Waals surface area contributed by atoms with Crippen LogP contribution in [0.4, 0.5) is 0 Å². The molecule has 0 spiro atoms. The molecule has 2 N–H and O–H groups in total. The van der Waals surface area contributed by atoms with Crippen LogP contribution in [0.2, 0.25) is 0 Å². The standard InChI is InChI=1S/C14H25N3O2/c1-2-9-17(12-5-7-15-8-6-12)14(19)11-3-4-13(18)16-10-11/h11-12,15H,2-10H2,1H3,(H,16,18). The predicted octanol–water partition coefficient (Wildman–Crippen LogP) is 0.503. The molecule has 2 aliphatic rings. The van der Waals surface area contributed by atoms with Gasteiger partial charge in [0.05, 0.1) is 5.92 Å². The van der Waals surface area contributed by atoms with E-state index >= 15 is 0 Å². The molecule has 1 unspecified atom stereocenters. The Bertz CT molecular complexity index is 317. The third kappa shape index (κ3) is 3.69. The maximum atomic E-state index is 12.6. The second-order valence-electron chi connectivity index (χ2n) is 5.55. The van der Waals surface area contributed by atoms with E-state index in [4.69, 9.17) is 0 Å². The second kappa shape index (κ2) is 6.89. The summed E-state index contributed by atoms with van der Waals surface area (Å²) in [5, 5.41) is 6.16. The van der Waals surface area contributed by atoms with Crippen LogP contribution in [-0.2, 0) is 9.59 Å². The van der Waals surface area contributed by atoms with Crippen LogP contribution in [0.5, 0.6) is 0 Å². The SMILES string of the molecule is CCCN(C(=O)C1CCC(=O)NC1)C1CCNCC1.